The first-order chi connectivity index (χ1) is 13.4. The van der Waals surface area contributed by atoms with E-state index in [0.717, 1.165) is 6.16 Å². The Morgan fingerprint density at radius 1 is 0.556 bits per heavy atom. The highest BCUT2D eigenvalue weighted by atomic mass is 31.2. The van der Waals surface area contributed by atoms with Crippen molar-refractivity contribution in [3.63, 3.8) is 0 Å². The summed E-state index contributed by atoms with van der Waals surface area (Å²) in [6.45, 7) is -1.78. The van der Waals surface area contributed by atoms with Crippen LogP contribution < -0.4 is 15.8 Å². The molecule has 4 aromatic carbocycles. The number of fused-ring (bicyclic) bond motifs is 2. The van der Waals surface area contributed by atoms with Crippen molar-refractivity contribution >= 4 is 23.6 Å². The Morgan fingerprint density at radius 3 is 2.00 bits per heavy atom. The predicted molar refractivity (Wildman–Crippen MR) is 118 cm³/mol. The highest BCUT2D eigenvalue weighted by Crippen LogP contribution is 2.52. The van der Waals surface area contributed by atoms with Crippen molar-refractivity contribution in [1.29, 1.82) is 0 Å². The molecular formula is C26H21P. The molecule has 0 aliphatic carbocycles. The van der Waals surface area contributed by atoms with E-state index in [1.807, 2.05) is 0 Å². The highest BCUT2D eigenvalue weighted by Gasteiger charge is 2.28. The number of hydrogen-bond donors (Lipinski definition) is 0. The Morgan fingerprint density at radius 2 is 1.19 bits per heavy atom. The summed E-state index contributed by atoms with van der Waals surface area (Å²) >= 11 is 0. The maximum atomic E-state index is 2.36. The molecule has 0 amide bonds. The van der Waals surface area contributed by atoms with E-state index >= 15 is 0 Å². The molecule has 0 saturated heterocycles. The molecule has 0 nitrogen and oxygen atoms in total. The summed E-state index contributed by atoms with van der Waals surface area (Å²) in [6, 6.07) is 40.1. The normalized spacial score (nSPS) is 17.5. The van der Waals surface area contributed by atoms with Gasteiger partial charge in [-0.05, 0) is 44.9 Å². The smallest absolute Gasteiger partial charge is 0.000679 e. The van der Waals surface area contributed by atoms with Crippen molar-refractivity contribution in [3.8, 4) is 0 Å². The van der Waals surface area contributed by atoms with Gasteiger partial charge < -0.3 is 0 Å². The lowest BCUT2D eigenvalue weighted by Crippen LogP contribution is -2.27. The van der Waals surface area contributed by atoms with Gasteiger partial charge in [-0.3, -0.25) is 0 Å². The van der Waals surface area contributed by atoms with Gasteiger partial charge in [0.1, 0.15) is 0 Å². The van der Waals surface area contributed by atoms with Crippen molar-refractivity contribution < 1.29 is 0 Å². The van der Waals surface area contributed by atoms with Crippen molar-refractivity contribution in [3.05, 3.63) is 130 Å². The summed E-state index contributed by atoms with van der Waals surface area (Å²) in [5.41, 5.74) is 2.77. The van der Waals surface area contributed by atoms with Crippen LogP contribution in [0.3, 0.4) is 0 Å². The van der Waals surface area contributed by atoms with Gasteiger partial charge in [-0.15, -0.1) is 0 Å². The van der Waals surface area contributed by atoms with Crippen molar-refractivity contribution in [2.75, 3.05) is 0 Å². The Labute approximate surface area is 160 Å². The molecule has 0 radical (unpaired) electrons. The first kappa shape index (κ1) is 16.4. The average molecular weight is 364 g/mol. The molecule has 0 N–H and O–H groups in total. The van der Waals surface area contributed by atoms with Crippen LogP contribution in [0.15, 0.2) is 109 Å². The third kappa shape index (κ3) is 2.69. The van der Waals surface area contributed by atoms with Gasteiger partial charge in [-0.25, -0.2) is 0 Å². The molecule has 1 aliphatic heterocycles. The second kappa shape index (κ2) is 6.72. The molecule has 0 bridgehead atoms. The van der Waals surface area contributed by atoms with Crippen LogP contribution in [0.4, 0.5) is 0 Å². The molecule has 1 unspecified atom stereocenters. The zero-order valence-electron chi connectivity index (χ0n) is 15.1. The SMILES string of the molecule is C1=c2ccccc2=P(Cc2ccccc2)(c2ccccc2)c2ccccc21. The first-order valence-corrected chi connectivity index (χ1v) is 11.4. The second-order valence-corrected chi connectivity index (χ2v) is 10.5. The summed E-state index contributed by atoms with van der Waals surface area (Å²) in [6.07, 6.45) is 3.41. The molecule has 4 aromatic rings. The van der Waals surface area contributed by atoms with E-state index < -0.39 is 6.89 Å². The van der Waals surface area contributed by atoms with E-state index in [4.69, 9.17) is 0 Å². The van der Waals surface area contributed by atoms with Crippen LogP contribution >= 0.6 is 6.89 Å². The topological polar surface area (TPSA) is 0 Å². The van der Waals surface area contributed by atoms with Crippen LogP contribution in [0.25, 0.3) is 6.08 Å². The lowest BCUT2D eigenvalue weighted by Gasteiger charge is -2.32. The number of hydrogen-bond acceptors (Lipinski definition) is 0. The second-order valence-electron chi connectivity index (χ2n) is 7.05. The summed E-state index contributed by atoms with van der Waals surface area (Å²) in [7, 11) is 0. The van der Waals surface area contributed by atoms with E-state index in [2.05, 4.69) is 115 Å². The van der Waals surface area contributed by atoms with E-state index in [0.29, 0.717) is 0 Å². The third-order valence-corrected chi connectivity index (χ3v) is 9.95. The molecule has 27 heavy (non-hydrogen) atoms. The molecule has 1 aliphatic rings. The Bertz CT molecular complexity index is 1240. The fraction of sp³-hybridized carbons (Fsp3) is 0.0385. The predicted octanol–water partition coefficient (Wildman–Crippen LogP) is 4.95. The minimum Gasteiger partial charge on any atom is -0.0622 e. The molecule has 1 atom stereocenters. The van der Waals surface area contributed by atoms with Crippen LogP contribution in [-0.2, 0) is 6.16 Å². The molecule has 0 spiro atoms. The summed E-state index contributed by atoms with van der Waals surface area (Å²) < 4.78 is 0. The molecule has 0 saturated carbocycles. The summed E-state index contributed by atoms with van der Waals surface area (Å²) in [5, 5.41) is 4.32. The fourth-order valence-corrected chi connectivity index (χ4v) is 8.91. The standard InChI is InChI=1S/C26H21P/c1-3-11-21(12-4-1)20-27(24-15-5-2-6-16-24)25-17-9-7-13-22(25)19-23-14-8-10-18-26(23)27/h1-19H,20H2. The van der Waals surface area contributed by atoms with E-state index in [9.17, 15) is 0 Å². The zero-order valence-corrected chi connectivity index (χ0v) is 16.0. The maximum absolute atomic E-state index is 2.36. The molecule has 1 heterocycles. The van der Waals surface area contributed by atoms with Gasteiger partial charge >= 0.3 is 0 Å². The monoisotopic (exact) mass is 364 g/mol. The van der Waals surface area contributed by atoms with Gasteiger partial charge in [0.25, 0.3) is 0 Å². The quantitative estimate of drug-likeness (QED) is 0.451. The number of rotatable bonds is 3. The lowest BCUT2D eigenvalue weighted by molar-refractivity contribution is 1.38. The summed E-state index contributed by atoms with van der Waals surface area (Å²) in [4.78, 5) is 1.50. The van der Waals surface area contributed by atoms with Gasteiger partial charge in [0, 0.05) is 6.16 Å². The Hall–Kier alpha value is -2.82. The first-order valence-electron chi connectivity index (χ1n) is 9.39. The van der Waals surface area contributed by atoms with Crippen LogP contribution in [0.5, 0.6) is 0 Å². The Kier molecular flexibility index (Phi) is 4.07. The molecular weight excluding hydrogens is 343 g/mol. The van der Waals surface area contributed by atoms with Crippen molar-refractivity contribution in [1.82, 2.24) is 0 Å². The third-order valence-electron chi connectivity index (χ3n) is 5.47. The minimum atomic E-state index is -1.78. The van der Waals surface area contributed by atoms with Gasteiger partial charge in [0.05, 0.1) is 0 Å². The van der Waals surface area contributed by atoms with Gasteiger partial charge in [0.15, 0.2) is 0 Å². The molecule has 130 valence electrons. The van der Waals surface area contributed by atoms with Gasteiger partial charge in [-0.1, -0.05) is 109 Å². The molecule has 0 aromatic heterocycles. The van der Waals surface area contributed by atoms with Crippen molar-refractivity contribution in [2.45, 2.75) is 6.16 Å². The summed E-state index contributed by atoms with van der Waals surface area (Å²) in [5.74, 6) is 0. The molecule has 0 fully saturated rings. The van der Waals surface area contributed by atoms with E-state index in [1.165, 1.54) is 31.9 Å². The average Bonchev–Trinajstić information content (AvgIpc) is 2.75. The molecule has 5 rings (SSSR count). The van der Waals surface area contributed by atoms with Gasteiger partial charge in [0.2, 0.25) is 0 Å². The van der Waals surface area contributed by atoms with Crippen LogP contribution in [0.1, 0.15) is 11.1 Å². The lowest BCUT2D eigenvalue weighted by atomic mass is 10.1. The Balaban J connectivity index is 1.99. The van der Waals surface area contributed by atoms with Crippen LogP contribution in [0, 0.1) is 4.94 Å². The van der Waals surface area contributed by atoms with Gasteiger partial charge in [-0.2, -0.15) is 0 Å². The van der Waals surface area contributed by atoms with E-state index in [1.54, 1.807) is 0 Å². The molecule has 1 heteroatoms. The van der Waals surface area contributed by atoms with E-state index in [-0.39, 0.29) is 0 Å². The van der Waals surface area contributed by atoms with Crippen molar-refractivity contribution in [2.24, 2.45) is 0 Å². The van der Waals surface area contributed by atoms with Crippen LogP contribution in [-0.4, -0.2) is 0 Å². The maximum Gasteiger partial charge on any atom is 0.000679 e. The number of benzene rings is 4. The highest BCUT2D eigenvalue weighted by molar-refractivity contribution is 7.82. The fourth-order valence-electron chi connectivity index (χ4n) is 4.29. The minimum absolute atomic E-state index is 1.06. The van der Waals surface area contributed by atoms with Crippen LogP contribution in [0.2, 0.25) is 0 Å². The zero-order chi connectivity index (χ0) is 18.1. The largest absolute Gasteiger partial charge is 0.0622 e.